The van der Waals surface area contributed by atoms with Gasteiger partial charge in [-0.25, -0.2) is 9.18 Å². The summed E-state index contributed by atoms with van der Waals surface area (Å²) in [6, 6.07) is 10.6. The van der Waals surface area contributed by atoms with Crippen molar-refractivity contribution in [2.24, 2.45) is 5.16 Å². The summed E-state index contributed by atoms with van der Waals surface area (Å²) in [5.41, 5.74) is -0.118. The molecule has 1 N–H and O–H groups in total. The third kappa shape index (κ3) is 4.79. The van der Waals surface area contributed by atoms with Crippen LogP contribution in [0.4, 0.5) is 28.0 Å². The Labute approximate surface area is 175 Å². The fourth-order valence-electron chi connectivity index (χ4n) is 3.59. The van der Waals surface area contributed by atoms with Crippen LogP contribution < -0.4 is 5.32 Å². The summed E-state index contributed by atoms with van der Waals surface area (Å²) in [7, 11) is 0. The molecule has 2 heterocycles. The second-order valence-electron chi connectivity index (χ2n) is 7.48. The molecule has 10 heteroatoms. The van der Waals surface area contributed by atoms with E-state index in [1.165, 1.54) is 35.4 Å². The molecule has 4 rings (SSSR count). The zero-order valence-electron chi connectivity index (χ0n) is 16.3. The van der Waals surface area contributed by atoms with E-state index in [2.05, 4.69) is 10.5 Å². The van der Waals surface area contributed by atoms with Crippen LogP contribution in [0.5, 0.6) is 0 Å². The summed E-state index contributed by atoms with van der Waals surface area (Å²) in [6.07, 6.45) is -3.72. The first-order valence-electron chi connectivity index (χ1n) is 9.65. The number of hydrogen-bond donors (Lipinski definition) is 1. The third-order valence-corrected chi connectivity index (χ3v) is 5.34. The lowest BCUT2D eigenvalue weighted by molar-refractivity contribution is -0.154. The SMILES string of the molecule is O=C(Nc1ccccc1F)ON1CCC2(CC1)CC(c1ccc(C(F)(F)F)cc1)=NO2. The molecule has 0 bridgehead atoms. The molecule has 0 atom stereocenters. The van der Waals surface area contributed by atoms with E-state index in [1.54, 1.807) is 6.07 Å². The van der Waals surface area contributed by atoms with E-state index in [0.717, 1.165) is 12.1 Å². The van der Waals surface area contributed by atoms with Crippen LogP contribution in [0.15, 0.2) is 53.7 Å². The lowest BCUT2D eigenvalue weighted by atomic mass is 9.86. The topological polar surface area (TPSA) is 63.2 Å². The van der Waals surface area contributed by atoms with Gasteiger partial charge in [-0.05, 0) is 29.8 Å². The first-order chi connectivity index (χ1) is 14.7. The highest BCUT2D eigenvalue weighted by Crippen LogP contribution is 2.37. The molecule has 0 unspecified atom stereocenters. The second-order valence-corrected chi connectivity index (χ2v) is 7.48. The van der Waals surface area contributed by atoms with Crippen LogP contribution in [0.3, 0.4) is 0 Å². The number of hydroxylamine groups is 2. The van der Waals surface area contributed by atoms with Crippen molar-refractivity contribution in [2.45, 2.75) is 31.0 Å². The zero-order chi connectivity index (χ0) is 22.1. The van der Waals surface area contributed by atoms with E-state index in [4.69, 9.17) is 9.68 Å². The summed E-state index contributed by atoms with van der Waals surface area (Å²) < 4.78 is 51.8. The number of piperidine rings is 1. The number of oxime groups is 1. The van der Waals surface area contributed by atoms with Gasteiger partial charge in [0.1, 0.15) is 11.4 Å². The average molecular weight is 437 g/mol. The van der Waals surface area contributed by atoms with Gasteiger partial charge >= 0.3 is 12.3 Å². The Bertz CT molecular complexity index is 984. The molecule has 2 aliphatic rings. The first kappa shape index (κ1) is 21.1. The molecule has 1 saturated heterocycles. The number of anilines is 1. The molecule has 1 spiro atoms. The Hall–Kier alpha value is -3.14. The Kier molecular flexibility index (Phi) is 5.57. The molecular weight excluding hydrogens is 418 g/mol. The van der Waals surface area contributed by atoms with Crippen molar-refractivity contribution >= 4 is 17.5 Å². The van der Waals surface area contributed by atoms with Crippen molar-refractivity contribution in [2.75, 3.05) is 18.4 Å². The number of nitrogens with one attached hydrogen (secondary N) is 1. The maximum atomic E-state index is 13.6. The number of amides is 1. The van der Waals surface area contributed by atoms with Crippen LogP contribution in [0.2, 0.25) is 0 Å². The Morgan fingerprint density at radius 1 is 1.10 bits per heavy atom. The number of benzene rings is 2. The quantitative estimate of drug-likeness (QED) is 0.689. The smallest absolute Gasteiger partial charge is 0.388 e. The van der Waals surface area contributed by atoms with E-state index in [-0.39, 0.29) is 5.69 Å². The summed E-state index contributed by atoms with van der Waals surface area (Å²) in [6.45, 7) is 0.751. The summed E-state index contributed by atoms with van der Waals surface area (Å²) >= 11 is 0. The Morgan fingerprint density at radius 2 is 1.77 bits per heavy atom. The van der Waals surface area contributed by atoms with Crippen molar-refractivity contribution in [3.8, 4) is 0 Å². The standard InChI is InChI=1S/C21H19F4N3O3/c22-16-3-1-2-4-17(16)26-19(29)30-28-11-9-20(10-12-28)13-18(27-31-20)14-5-7-15(8-6-14)21(23,24)25/h1-8H,9-13H2,(H,26,29). The monoisotopic (exact) mass is 437 g/mol. The van der Waals surface area contributed by atoms with Gasteiger partial charge in [0.2, 0.25) is 0 Å². The van der Waals surface area contributed by atoms with Gasteiger partial charge in [-0.3, -0.25) is 5.32 Å². The van der Waals surface area contributed by atoms with Gasteiger partial charge in [0.25, 0.3) is 0 Å². The summed E-state index contributed by atoms with van der Waals surface area (Å²) in [5, 5.41) is 7.89. The number of alkyl halides is 3. The van der Waals surface area contributed by atoms with Gasteiger partial charge in [-0.2, -0.15) is 13.2 Å². The number of halogens is 4. The predicted octanol–water partition coefficient (Wildman–Crippen LogP) is 4.97. The van der Waals surface area contributed by atoms with Gasteiger partial charge in [-0.1, -0.05) is 29.4 Å². The maximum absolute atomic E-state index is 13.6. The van der Waals surface area contributed by atoms with Crippen LogP contribution in [-0.4, -0.2) is 35.6 Å². The highest BCUT2D eigenvalue weighted by molar-refractivity contribution is 6.01. The lowest BCUT2D eigenvalue weighted by Crippen LogP contribution is -2.45. The first-order valence-corrected chi connectivity index (χ1v) is 9.65. The number of nitrogens with zero attached hydrogens (tertiary/aromatic N) is 2. The van der Waals surface area contributed by atoms with Crippen LogP contribution in [-0.2, 0) is 15.9 Å². The molecule has 31 heavy (non-hydrogen) atoms. The highest BCUT2D eigenvalue weighted by atomic mass is 19.4. The second kappa shape index (κ2) is 8.18. The van der Waals surface area contributed by atoms with Crippen molar-refractivity contribution in [1.82, 2.24) is 5.06 Å². The summed E-state index contributed by atoms with van der Waals surface area (Å²) in [5.74, 6) is -0.565. The number of rotatable bonds is 3. The molecule has 2 aliphatic heterocycles. The van der Waals surface area contributed by atoms with E-state index >= 15 is 0 Å². The highest BCUT2D eigenvalue weighted by Gasteiger charge is 2.43. The molecule has 6 nitrogen and oxygen atoms in total. The minimum absolute atomic E-state index is 0.0229. The molecule has 0 aliphatic carbocycles. The normalized spacial score (nSPS) is 18.4. The number of hydrogen-bond acceptors (Lipinski definition) is 5. The maximum Gasteiger partial charge on any atom is 0.430 e. The van der Waals surface area contributed by atoms with Gasteiger partial charge in [0.05, 0.1) is 17.0 Å². The van der Waals surface area contributed by atoms with Crippen LogP contribution in [0.1, 0.15) is 30.4 Å². The Balaban J connectivity index is 1.29. The van der Waals surface area contributed by atoms with Gasteiger partial charge in [0, 0.05) is 32.4 Å². The molecule has 2 aromatic rings. The molecule has 2 aromatic carbocycles. The molecule has 1 amide bonds. The molecular formula is C21H19F4N3O3. The zero-order valence-corrected chi connectivity index (χ0v) is 16.3. The van der Waals surface area contributed by atoms with Gasteiger partial charge in [-0.15, -0.1) is 5.06 Å². The van der Waals surface area contributed by atoms with Crippen LogP contribution in [0, 0.1) is 5.82 Å². The largest absolute Gasteiger partial charge is 0.430 e. The van der Waals surface area contributed by atoms with Crippen LogP contribution >= 0.6 is 0 Å². The minimum Gasteiger partial charge on any atom is -0.388 e. The van der Waals surface area contributed by atoms with Crippen molar-refractivity contribution in [3.63, 3.8) is 0 Å². The summed E-state index contributed by atoms with van der Waals surface area (Å²) in [4.78, 5) is 22.9. The van der Waals surface area contributed by atoms with E-state index in [0.29, 0.717) is 43.6 Å². The molecule has 0 aromatic heterocycles. The molecule has 0 radical (unpaired) electrons. The van der Waals surface area contributed by atoms with E-state index in [1.807, 2.05) is 0 Å². The molecule has 164 valence electrons. The Morgan fingerprint density at radius 3 is 2.42 bits per heavy atom. The number of carbonyl (C=O) groups excluding carboxylic acids is 1. The minimum atomic E-state index is -4.39. The van der Waals surface area contributed by atoms with Crippen molar-refractivity contribution in [1.29, 1.82) is 0 Å². The predicted molar refractivity (Wildman–Crippen MR) is 104 cm³/mol. The van der Waals surface area contributed by atoms with E-state index in [9.17, 15) is 22.4 Å². The number of carbonyl (C=O) groups is 1. The number of para-hydroxylation sites is 1. The van der Waals surface area contributed by atoms with Gasteiger partial charge in [0.15, 0.2) is 0 Å². The van der Waals surface area contributed by atoms with Crippen molar-refractivity contribution < 1.29 is 32.0 Å². The van der Waals surface area contributed by atoms with Crippen LogP contribution in [0.25, 0.3) is 0 Å². The molecule has 0 saturated carbocycles. The molecule has 1 fully saturated rings. The third-order valence-electron chi connectivity index (χ3n) is 5.34. The fourth-order valence-corrected chi connectivity index (χ4v) is 3.59. The van der Waals surface area contributed by atoms with Crippen molar-refractivity contribution in [3.05, 3.63) is 65.5 Å². The average Bonchev–Trinajstić information content (AvgIpc) is 3.15. The lowest BCUT2D eigenvalue weighted by Gasteiger charge is -2.35. The van der Waals surface area contributed by atoms with Gasteiger partial charge < -0.3 is 9.68 Å². The van der Waals surface area contributed by atoms with E-state index < -0.39 is 29.3 Å². The fraction of sp³-hybridized carbons (Fsp3) is 0.333.